The minimum atomic E-state index is -0.296. The van der Waals surface area contributed by atoms with E-state index >= 15 is 0 Å². The number of aromatic nitrogens is 3. The minimum Gasteiger partial charge on any atom is -0.269 e. The van der Waals surface area contributed by atoms with Gasteiger partial charge in [-0.15, -0.1) is 0 Å². The van der Waals surface area contributed by atoms with E-state index in [1.54, 1.807) is 17.6 Å². The molecule has 0 saturated heterocycles. The highest BCUT2D eigenvalue weighted by atomic mass is 32.1. The van der Waals surface area contributed by atoms with Crippen molar-refractivity contribution in [1.82, 2.24) is 14.8 Å². The van der Waals surface area contributed by atoms with Gasteiger partial charge in [-0.25, -0.2) is 4.39 Å². The van der Waals surface area contributed by atoms with E-state index in [-0.39, 0.29) is 5.82 Å². The van der Waals surface area contributed by atoms with Gasteiger partial charge in [-0.3, -0.25) is 9.67 Å². The van der Waals surface area contributed by atoms with Crippen LogP contribution in [0.5, 0.6) is 0 Å². The Bertz CT molecular complexity index is 536. The molecule has 1 aromatic heterocycles. The Morgan fingerprint density at radius 1 is 1.40 bits per heavy atom. The van der Waals surface area contributed by atoms with Gasteiger partial charge in [-0.2, -0.15) is 5.10 Å². The van der Waals surface area contributed by atoms with E-state index in [4.69, 9.17) is 12.2 Å². The molecular weight excluding hydrogens is 213 g/mol. The van der Waals surface area contributed by atoms with E-state index in [0.717, 1.165) is 5.56 Å². The standard InChI is InChI=1S/C10H10FN3S/c1-6-4-3-5-8(11)9(6)14-7(2)12-13-10(14)15/h3-5H,1-2H3,(H,13,15). The van der Waals surface area contributed by atoms with Gasteiger partial charge < -0.3 is 0 Å². The van der Waals surface area contributed by atoms with Gasteiger partial charge in [-0.05, 0) is 37.7 Å². The first-order valence-electron chi connectivity index (χ1n) is 4.51. The van der Waals surface area contributed by atoms with Crippen LogP contribution < -0.4 is 0 Å². The lowest BCUT2D eigenvalue weighted by molar-refractivity contribution is 0.614. The Labute approximate surface area is 91.6 Å². The molecule has 0 fully saturated rings. The van der Waals surface area contributed by atoms with Crippen LogP contribution in [-0.2, 0) is 0 Å². The molecule has 0 saturated carbocycles. The van der Waals surface area contributed by atoms with Crippen LogP contribution in [0.25, 0.3) is 5.69 Å². The highest BCUT2D eigenvalue weighted by molar-refractivity contribution is 7.71. The number of hydrogen-bond acceptors (Lipinski definition) is 2. The highest BCUT2D eigenvalue weighted by Gasteiger charge is 2.11. The molecule has 3 nitrogen and oxygen atoms in total. The summed E-state index contributed by atoms with van der Waals surface area (Å²) in [5.41, 5.74) is 1.30. The van der Waals surface area contributed by atoms with Gasteiger partial charge in [0.1, 0.15) is 11.6 Å². The van der Waals surface area contributed by atoms with Gasteiger partial charge in [0, 0.05) is 0 Å². The Morgan fingerprint density at radius 3 is 2.67 bits per heavy atom. The van der Waals surface area contributed by atoms with Crippen molar-refractivity contribution < 1.29 is 4.39 Å². The molecule has 0 radical (unpaired) electrons. The summed E-state index contributed by atoms with van der Waals surface area (Å²) >= 11 is 5.05. The second-order valence-corrected chi connectivity index (χ2v) is 3.70. The predicted octanol–water partition coefficient (Wildman–Crippen LogP) is 2.69. The van der Waals surface area contributed by atoms with Crippen LogP contribution in [0.2, 0.25) is 0 Å². The average molecular weight is 223 g/mol. The Hall–Kier alpha value is -1.49. The number of halogens is 1. The fourth-order valence-electron chi connectivity index (χ4n) is 1.55. The third-order valence-corrected chi connectivity index (χ3v) is 2.53. The first-order chi connectivity index (χ1) is 7.11. The molecule has 2 rings (SSSR count). The lowest BCUT2D eigenvalue weighted by atomic mass is 10.2. The van der Waals surface area contributed by atoms with Gasteiger partial charge in [-0.1, -0.05) is 12.1 Å². The van der Waals surface area contributed by atoms with E-state index in [0.29, 0.717) is 16.3 Å². The monoisotopic (exact) mass is 223 g/mol. The molecule has 0 aliphatic rings. The number of para-hydroxylation sites is 1. The summed E-state index contributed by atoms with van der Waals surface area (Å²) in [6, 6.07) is 4.93. The summed E-state index contributed by atoms with van der Waals surface area (Å²) in [5, 5.41) is 6.59. The Balaban J connectivity index is 2.80. The number of rotatable bonds is 1. The number of aryl methyl sites for hydroxylation is 2. The van der Waals surface area contributed by atoms with Crippen LogP contribution in [0.4, 0.5) is 4.39 Å². The van der Waals surface area contributed by atoms with Gasteiger partial charge >= 0.3 is 0 Å². The van der Waals surface area contributed by atoms with Gasteiger partial charge in [0.05, 0.1) is 5.69 Å². The minimum absolute atomic E-state index is 0.296. The summed E-state index contributed by atoms with van der Waals surface area (Å²) in [6.07, 6.45) is 0. The summed E-state index contributed by atoms with van der Waals surface area (Å²) in [5.74, 6) is 0.351. The number of nitrogens with one attached hydrogen (secondary N) is 1. The first kappa shape index (κ1) is 10.0. The number of hydrogen-bond donors (Lipinski definition) is 1. The van der Waals surface area contributed by atoms with Crippen molar-refractivity contribution >= 4 is 12.2 Å². The zero-order valence-corrected chi connectivity index (χ0v) is 9.23. The van der Waals surface area contributed by atoms with Crippen molar-refractivity contribution in [3.05, 3.63) is 40.2 Å². The second-order valence-electron chi connectivity index (χ2n) is 3.32. The Morgan fingerprint density at radius 2 is 2.13 bits per heavy atom. The molecule has 0 amide bonds. The third kappa shape index (κ3) is 1.59. The summed E-state index contributed by atoms with van der Waals surface area (Å²) in [4.78, 5) is 0. The number of H-pyrrole nitrogens is 1. The summed E-state index contributed by atoms with van der Waals surface area (Å²) < 4.78 is 15.7. The zero-order valence-electron chi connectivity index (χ0n) is 8.41. The zero-order chi connectivity index (χ0) is 11.0. The predicted molar refractivity (Wildman–Crippen MR) is 58.2 cm³/mol. The van der Waals surface area contributed by atoms with Gasteiger partial charge in [0.15, 0.2) is 4.77 Å². The SMILES string of the molecule is Cc1cccc(F)c1-n1c(C)n[nH]c1=S. The van der Waals surface area contributed by atoms with E-state index in [1.807, 2.05) is 13.0 Å². The molecule has 1 heterocycles. The van der Waals surface area contributed by atoms with Crippen LogP contribution in [0.15, 0.2) is 18.2 Å². The summed E-state index contributed by atoms with van der Waals surface area (Å²) in [6.45, 7) is 3.62. The maximum absolute atomic E-state index is 13.7. The van der Waals surface area contributed by atoms with Crippen LogP contribution in [0, 0.1) is 24.4 Å². The van der Waals surface area contributed by atoms with Gasteiger partial charge in [0.2, 0.25) is 0 Å². The number of nitrogens with zero attached hydrogens (tertiary/aromatic N) is 2. The normalized spacial score (nSPS) is 10.6. The lowest BCUT2D eigenvalue weighted by Gasteiger charge is -2.08. The third-order valence-electron chi connectivity index (χ3n) is 2.25. The molecule has 78 valence electrons. The molecule has 0 unspecified atom stereocenters. The van der Waals surface area contributed by atoms with Crippen molar-refractivity contribution in [3.63, 3.8) is 0 Å². The average Bonchev–Trinajstić information content (AvgIpc) is 2.49. The molecule has 0 atom stereocenters. The molecule has 1 aromatic carbocycles. The maximum Gasteiger partial charge on any atom is 0.199 e. The fraction of sp³-hybridized carbons (Fsp3) is 0.200. The molecule has 0 aliphatic carbocycles. The number of aromatic amines is 1. The van der Waals surface area contributed by atoms with E-state index in [2.05, 4.69) is 10.2 Å². The second kappa shape index (κ2) is 3.58. The maximum atomic E-state index is 13.7. The quantitative estimate of drug-likeness (QED) is 0.754. The molecule has 0 spiro atoms. The number of benzene rings is 1. The van der Waals surface area contributed by atoms with Crippen LogP contribution in [0.3, 0.4) is 0 Å². The van der Waals surface area contributed by atoms with Crippen molar-refractivity contribution in [2.75, 3.05) is 0 Å². The van der Waals surface area contributed by atoms with Crippen molar-refractivity contribution in [2.45, 2.75) is 13.8 Å². The van der Waals surface area contributed by atoms with Crippen LogP contribution in [0.1, 0.15) is 11.4 Å². The smallest absolute Gasteiger partial charge is 0.199 e. The van der Waals surface area contributed by atoms with E-state index in [1.165, 1.54) is 6.07 Å². The summed E-state index contributed by atoms with van der Waals surface area (Å²) in [7, 11) is 0. The first-order valence-corrected chi connectivity index (χ1v) is 4.91. The van der Waals surface area contributed by atoms with Crippen molar-refractivity contribution in [2.24, 2.45) is 0 Å². The molecular formula is C10H10FN3S. The van der Waals surface area contributed by atoms with E-state index < -0.39 is 0 Å². The molecule has 2 aromatic rings. The topological polar surface area (TPSA) is 33.6 Å². The van der Waals surface area contributed by atoms with Crippen molar-refractivity contribution in [3.8, 4) is 5.69 Å². The molecule has 1 N–H and O–H groups in total. The highest BCUT2D eigenvalue weighted by Crippen LogP contribution is 2.19. The Kier molecular flexibility index (Phi) is 2.40. The van der Waals surface area contributed by atoms with Crippen LogP contribution >= 0.6 is 12.2 Å². The molecule has 5 heteroatoms. The van der Waals surface area contributed by atoms with Gasteiger partial charge in [0.25, 0.3) is 0 Å². The lowest BCUT2D eigenvalue weighted by Crippen LogP contribution is -2.02. The van der Waals surface area contributed by atoms with Crippen LogP contribution in [-0.4, -0.2) is 14.8 Å². The fourth-order valence-corrected chi connectivity index (χ4v) is 1.81. The van der Waals surface area contributed by atoms with Crippen molar-refractivity contribution in [1.29, 1.82) is 0 Å². The molecule has 0 aliphatic heterocycles. The molecule has 0 bridgehead atoms. The largest absolute Gasteiger partial charge is 0.269 e. The van der Waals surface area contributed by atoms with E-state index in [9.17, 15) is 4.39 Å². The molecule has 15 heavy (non-hydrogen) atoms.